The van der Waals surface area contributed by atoms with E-state index >= 15 is 0 Å². The molecule has 0 bridgehead atoms. The fraction of sp³-hybridized carbons (Fsp3) is 0.105. The van der Waals surface area contributed by atoms with Crippen LogP contribution in [0.4, 0.5) is 8.78 Å². The topological polar surface area (TPSA) is 38.3 Å². The number of thiophene rings is 1. The molecule has 1 N–H and O–H groups in total. The Morgan fingerprint density at radius 1 is 1.08 bits per heavy atom. The highest BCUT2D eigenvalue weighted by Crippen LogP contribution is 2.28. The van der Waals surface area contributed by atoms with E-state index < -0.39 is 17.8 Å². The number of rotatable bonds is 5. The van der Waals surface area contributed by atoms with Gasteiger partial charge in [-0.25, -0.2) is 8.78 Å². The van der Waals surface area contributed by atoms with Gasteiger partial charge in [0.15, 0.2) is 0 Å². The number of ether oxygens (including phenoxy) is 1. The molecule has 25 heavy (non-hydrogen) atoms. The molecule has 0 saturated carbocycles. The van der Waals surface area contributed by atoms with Crippen molar-refractivity contribution in [2.45, 2.75) is 6.04 Å². The summed E-state index contributed by atoms with van der Waals surface area (Å²) in [5, 5.41) is 4.77. The van der Waals surface area contributed by atoms with Crippen LogP contribution in [0, 0.1) is 11.6 Å². The number of benzene rings is 2. The molecule has 0 aliphatic carbocycles. The molecule has 128 valence electrons. The van der Waals surface area contributed by atoms with Crippen molar-refractivity contribution in [2.24, 2.45) is 0 Å². The molecule has 3 aromatic rings. The molecule has 0 saturated heterocycles. The number of carbonyl (C=O) groups excluding carboxylic acids is 1. The van der Waals surface area contributed by atoms with Gasteiger partial charge in [0.25, 0.3) is 5.91 Å². The Morgan fingerprint density at radius 2 is 1.80 bits per heavy atom. The Kier molecular flexibility index (Phi) is 5.09. The highest BCUT2D eigenvalue weighted by atomic mass is 32.1. The summed E-state index contributed by atoms with van der Waals surface area (Å²) in [4.78, 5) is 13.6. The molecule has 2 aromatic carbocycles. The summed E-state index contributed by atoms with van der Waals surface area (Å²) in [6.45, 7) is 0. The Labute approximate surface area is 147 Å². The molecular formula is C19H15F2NO2S. The largest absolute Gasteiger partial charge is 0.496 e. The average Bonchev–Trinajstić information content (AvgIpc) is 3.14. The Morgan fingerprint density at radius 3 is 2.44 bits per heavy atom. The van der Waals surface area contributed by atoms with E-state index in [1.54, 1.807) is 12.1 Å². The van der Waals surface area contributed by atoms with E-state index in [2.05, 4.69) is 5.32 Å². The number of halogens is 2. The lowest BCUT2D eigenvalue weighted by molar-refractivity contribution is 0.0940. The van der Waals surface area contributed by atoms with E-state index in [0.29, 0.717) is 0 Å². The third-order valence-corrected chi connectivity index (χ3v) is 4.65. The quantitative estimate of drug-likeness (QED) is 0.726. The van der Waals surface area contributed by atoms with Crippen molar-refractivity contribution in [3.8, 4) is 5.75 Å². The van der Waals surface area contributed by atoms with E-state index in [0.717, 1.165) is 16.5 Å². The normalized spacial score (nSPS) is 11.8. The molecule has 3 nitrogen and oxygen atoms in total. The molecule has 1 aromatic heterocycles. The summed E-state index contributed by atoms with van der Waals surface area (Å²) in [5.41, 5.74) is 0.832. The van der Waals surface area contributed by atoms with Gasteiger partial charge < -0.3 is 10.1 Å². The highest BCUT2D eigenvalue weighted by Gasteiger charge is 2.21. The van der Waals surface area contributed by atoms with Gasteiger partial charge in [-0.3, -0.25) is 4.79 Å². The van der Waals surface area contributed by atoms with E-state index in [9.17, 15) is 13.6 Å². The second-order valence-electron chi connectivity index (χ2n) is 5.32. The molecule has 0 aliphatic heterocycles. The predicted molar refractivity (Wildman–Crippen MR) is 93.0 cm³/mol. The maximum absolute atomic E-state index is 13.5. The van der Waals surface area contributed by atoms with Crippen LogP contribution in [-0.4, -0.2) is 13.0 Å². The fourth-order valence-electron chi connectivity index (χ4n) is 2.50. The number of methoxy groups -OCH3 is 1. The van der Waals surface area contributed by atoms with E-state index in [-0.39, 0.29) is 17.1 Å². The Bertz CT molecular complexity index is 864. The fourth-order valence-corrected chi connectivity index (χ4v) is 3.30. The Balaban J connectivity index is 1.94. The smallest absolute Gasteiger partial charge is 0.255 e. The molecule has 1 unspecified atom stereocenters. The van der Waals surface area contributed by atoms with Crippen molar-refractivity contribution in [3.05, 3.63) is 87.6 Å². The van der Waals surface area contributed by atoms with Crippen molar-refractivity contribution < 1.29 is 18.3 Å². The van der Waals surface area contributed by atoms with Crippen LogP contribution in [0.15, 0.2) is 60.0 Å². The van der Waals surface area contributed by atoms with Crippen molar-refractivity contribution in [3.63, 3.8) is 0 Å². The van der Waals surface area contributed by atoms with Gasteiger partial charge in [-0.2, -0.15) is 0 Å². The Hall–Kier alpha value is -2.73. The predicted octanol–water partition coefficient (Wildman–Crippen LogP) is 4.55. The van der Waals surface area contributed by atoms with Crippen molar-refractivity contribution in [1.29, 1.82) is 0 Å². The lowest BCUT2D eigenvalue weighted by atomic mass is 10.0. The highest BCUT2D eigenvalue weighted by molar-refractivity contribution is 7.10. The van der Waals surface area contributed by atoms with Crippen LogP contribution in [0.3, 0.4) is 0 Å². The van der Waals surface area contributed by atoms with Gasteiger partial charge in [0, 0.05) is 4.88 Å². The average molecular weight is 359 g/mol. The minimum Gasteiger partial charge on any atom is -0.496 e. The van der Waals surface area contributed by atoms with Crippen LogP contribution < -0.4 is 10.1 Å². The molecule has 0 fully saturated rings. The SMILES string of the molecule is COc1ccc(F)cc1C(=O)NC(c1ccc(F)cc1)c1cccs1. The number of hydrogen-bond donors (Lipinski definition) is 1. The summed E-state index contributed by atoms with van der Waals surface area (Å²) < 4.78 is 31.9. The molecule has 0 radical (unpaired) electrons. The molecular weight excluding hydrogens is 344 g/mol. The van der Waals surface area contributed by atoms with E-state index in [1.807, 2.05) is 17.5 Å². The minimum atomic E-state index is -0.527. The molecule has 0 spiro atoms. The van der Waals surface area contributed by atoms with Gasteiger partial charge >= 0.3 is 0 Å². The van der Waals surface area contributed by atoms with Crippen LogP contribution in [0.2, 0.25) is 0 Å². The zero-order valence-electron chi connectivity index (χ0n) is 13.3. The lowest BCUT2D eigenvalue weighted by Crippen LogP contribution is -2.29. The molecule has 0 aliphatic rings. The standard InChI is InChI=1S/C19H15F2NO2S/c1-24-16-9-8-14(21)11-15(16)19(23)22-18(17-3-2-10-25-17)12-4-6-13(20)7-5-12/h2-11,18H,1H3,(H,22,23). The zero-order chi connectivity index (χ0) is 17.8. The zero-order valence-corrected chi connectivity index (χ0v) is 14.1. The van der Waals surface area contributed by atoms with Crippen LogP contribution in [-0.2, 0) is 0 Å². The van der Waals surface area contributed by atoms with Gasteiger partial charge in [-0.05, 0) is 47.3 Å². The third kappa shape index (κ3) is 3.85. The second kappa shape index (κ2) is 7.44. The van der Waals surface area contributed by atoms with Crippen LogP contribution >= 0.6 is 11.3 Å². The molecule has 1 atom stereocenters. The first-order valence-electron chi connectivity index (χ1n) is 7.52. The summed E-state index contributed by atoms with van der Waals surface area (Å²) in [5.74, 6) is -1.07. The van der Waals surface area contributed by atoms with Crippen molar-refractivity contribution in [1.82, 2.24) is 5.32 Å². The maximum Gasteiger partial charge on any atom is 0.255 e. The van der Waals surface area contributed by atoms with Crippen molar-refractivity contribution >= 4 is 17.2 Å². The maximum atomic E-state index is 13.5. The summed E-state index contributed by atoms with van der Waals surface area (Å²) in [6.07, 6.45) is 0. The summed E-state index contributed by atoms with van der Waals surface area (Å²) in [6, 6.07) is 12.9. The summed E-state index contributed by atoms with van der Waals surface area (Å²) in [7, 11) is 1.42. The first-order chi connectivity index (χ1) is 12.1. The number of hydrogen-bond acceptors (Lipinski definition) is 3. The van der Waals surface area contributed by atoms with Gasteiger partial charge in [-0.1, -0.05) is 18.2 Å². The van der Waals surface area contributed by atoms with Crippen molar-refractivity contribution in [2.75, 3.05) is 7.11 Å². The molecule has 1 heterocycles. The van der Waals surface area contributed by atoms with E-state index in [1.165, 1.54) is 42.7 Å². The molecule has 6 heteroatoms. The summed E-state index contributed by atoms with van der Waals surface area (Å²) >= 11 is 1.47. The first-order valence-corrected chi connectivity index (χ1v) is 8.39. The monoisotopic (exact) mass is 359 g/mol. The van der Waals surface area contributed by atoms with Crippen LogP contribution in [0.25, 0.3) is 0 Å². The minimum absolute atomic E-state index is 0.103. The van der Waals surface area contributed by atoms with Crippen LogP contribution in [0.1, 0.15) is 26.8 Å². The first kappa shape index (κ1) is 17.1. The van der Waals surface area contributed by atoms with Gasteiger partial charge in [0.2, 0.25) is 0 Å². The lowest BCUT2D eigenvalue weighted by Gasteiger charge is -2.19. The number of nitrogens with one attached hydrogen (secondary N) is 1. The molecule has 1 amide bonds. The van der Waals surface area contributed by atoms with Crippen LogP contribution in [0.5, 0.6) is 5.75 Å². The van der Waals surface area contributed by atoms with Gasteiger partial charge in [-0.15, -0.1) is 11.3 Å². The number of amides is 1. The third-order valence-electron chi connectivity index (χ3n) is 3.71. The van der Waals surface area contributed by atoms with Gasteiger partial charge in [0.1, 0.15) is 17.4 Å². The van der Waals surface area contributed by atoms with E-state index in [4.69, 9.17) is 4.74 Å². The molecule has 3 rings (SSSR count). The second-order valence-corrected chi connectivity index (χ2v) is 6.30. The number of carbonyl (C=O) groups is 1. The van der Waals surface area contributed by atoms with Gasteiger partial charge in [0.05, 0.1) is 18.7 Å².